The molecule has 2 aromatic rings. The lowest BCUT2D eigenvalue weighted by atomic mass is 9.95. The molecule has 3 amide bonds. The summed E-state index contributed by atoms with van der Waals surface area (Å²) >= 11 is 1.33. The van der Waals surface area contributed by atoms with Crippen molar-refractivity contribution in [1.82, 2.24) is 9.88 Å². The average molecular weight is 440 g/mol. The van der Waals surface area contributed by atoms with Crippen molar-refractivity contribution in [2.45, 2.75) is 38.1 Å². The first-order chi connectivity index (χ1) is 15.1. The third kappa shape index (κ3) is 3.78. The third-order valence-corrected chi connectivity index (χ3v) is 6.94. The highest BCUT2D eigenvalue weighted by atomic mass is 32.1. The molecule has 2 saturated heterocycles. The molecule has 3 aliphatic heterocycles. The molecule has 1 N–H and O–H groups in total. The number of fused-ring (bicyclic) bond motifs is 3. The predicted octanol–water partition coefficient (Wildman–Crippen LogP) is 2.72. The van der Waals surface area contributed by atoms with Crippen LogP contribution in [0.4, 0.5) is 16.5 Å². The van der Waals surface area contributed by atoms with Gasteiger partial charge in [-0.25, -0.2) is 4.98 Å². The summed E-state index contributed by atoms with van der Waals surface area (Å²) in [5.74, 6) is -0.386. The number of nitrogens with zero attached hydrogens (tertiary/aromatic N) is 4. The summed E-state index contributed by atoms with van der Waals surface area (Å²) < 4.78 is 0. The molecule has 0 aliphatic carbocycles. The molecule has 8 nitrogen and oxygen atoms in total. The molecule has 0 bridgehead atoms. The number of thiazole rings is 1. The highest BCUT2D eigenvalue weighted by Crippen LogP contribution is 2.40. The molecule has 4 heterocycles. The number of rotatable bonds is 4. The lowest BCUT2D eigenvalue weighted by Gasteiger charge is -2.45. The van der Waals surface area contributed by atoms with E-state index in [1.807, 2.05) is 17.0 Å². The Morgan fingerprint density at radius 2 is 1.90 bits per heavy atom. The van der Waals surface area contributed by atoms with Gasteiger partial charge in [-0.15, -0.1) is 11.3 Å². The van der Waals surface area contributed by atoms with Crippen molar-refractivity contribution < 1.29 is 14.4 Å². The summed E-state index contributed by atoms with van der Waals surface area (Å²) in [6, 6.07) is 5.33. The van der Waals surface area contributed by atoms with Gasteiger partial charge in [0.05, 0.1) is 11.4 Å². The predicted molar refractivity (Wildman–Crippen MR) is 120 cm³/mol. The number of amides is 3. The molecule has 0 unspecified atom stereocenters. The molecule has 2 fully saturated rings. The highest BCUT2D eigenvalue weighted by Gasteiger charge is 2.40. The van der Waals surface area contributed by atoms with E-state index in [2.05, 4.69) is 15.2 Å². The van der Waals surface area contributed by atoms with E-state index < -0.39 is 0 Å². The molecule has 31 heavy (non-hydrogen) atoms. The van der Waals surface area contributed by atoms with Crippen LogP contribution in [0.15, 0.2) is 29.8 Å². The Morgan fingerprint density at radius 3 is 2.68 bits per heavy atom. The molecular weight excluding hydrogens is 414 g/mol. The highest BCUT2D eigenvalue weighted by molar-refractivity contribution is 7.13. The zero-order valence-electron chi connectivity index (χ0n) is 17.2. The normalized spacial score (nSPS) is 20.5. The lowest BCUT2D eigenvalue weighted by Crippen LogP contribution is -2.56. The monoisotopic (exact) mass is 439 g/mol. The van der Waals surface area contributed by atoms with Crippen LogP contribution in [0, 0.1) is 0 Å². The van der Waals surface area contributed by atoms with Gasteiger partial charge in [-0.1, -0.05) is 0 Å². The Kier molecular flexibility index (Phi) is 5.35. The molecule has 0 spiro atoms. The number of hydrogen-bond acceptors (Lipinski definition) is 6. The van der Waals surface area contributed by atoms with Gasteiger partial charge < -0.3 is 15.1 Å². The smallest absolute Gasteiger partial charge is 0.253 e. The van der Waals surface area contributed by atoms with Crippen LogP contribution >= 0.6 is 11.3 Å². The van der Waals surface area contributed by atoms with E-state index in [1.165, 1.54) is 11.3 Å². The van der Waals surface area contributed by atoms with Crippen LogP contribution in [0.1, 0.15) is 42.5 Å². The van der Waals surface area contributed by atoms with Crippen molar-refractivity contribution in [1.29, 1.82) is 0 Å². The van der Waals surface area contributed by atoms with Crippen molar-refractivity contribution in [3.05, 3.63) is 35.3 Å². The van der Waals surface area contributed by atoms with Crippen molar-refractivity contribution in [2.75, 3.05) is 41.3 Å². The number of aromatic nitrogens is 1. The largest absolute Gasteiger partial charge is 0.358 e. The third-order valence-electron chi connectivity index (χ3n) is 6.25. The van der Waals surface area contributed by atoms with Crippen LogP contribution in [0.3, 0.4) is 0 Å². The molecule has 1 atom stereocenters. The Hall–Kier alpha value is -2.94. The zero-order valence-corrected chi connectivity index (χ0v) is 18.1. The first-order valence-corrected chi connectivity index (χ1v) is 11.7. The van der Waals surface area contributed by atoms with Crippen LogP contribution in [0.25, 0.3) is 0 Å². The van der Waals surface area contributed by atoms with Gasteiger partial charge in [-0.05, 0) is 50.3 Å². The van der Waals surface area contributed by atoms with Gasteiger partial charge in [-0.3, -0.25) is 19.3 Å². The topological polar surface area (TPSA) is 85.9 Å². The molecule has 162 valence electrons. The van der Waals surface area contributed by atoms with Crippen LogP contribution in [0.5, 0.6) is 0 Å². The second kappa shape index (κ2) is 8.30. The molecular formula is C22H25N5O3S. The average Bonchev–Trinajstić information content (AvgIpc) is 3.50. The second-order valence-electron chi connectivity index (χ2n) is 8.22. The maximum atomic E-state index is 13.4. The standard InChI is InChI=1S/C22H25N5O3S/c28-19(24-22-23-8-12-31-22)14-27-18-13-15(20(29)25-9-3-4-10-25)6-7-16(18)26-11-2-1-5-17(26)21(27)30/h6-8,12-13,17H,1-5,9-11,14H2,(H,23,24,28)/t17-/m1/s1. The summed E-state index contributed by atoms with van der Waals surface area (Å²) in [5, 5.41) is 5.05. The summed E-state index contributed by atoms with van der Waals surface area (Å²) in [6.45, 7) is 2.24. The molecule has 0 radical (unpaired) electrons. The maximum absolute atomic E-state index is 13.4. The summed E-state index contributed by atoms with van der Waals surface area (Å²) in [5.41, 5.74) is 2.13. The van der Waals surface area contributed by atoms with Gasteiger partial charge in [-0.2, -0.15) is 0 Å². The molecule has 3 aliphatic rings. The number of piperidine rings is 1. The van der Waals surface area contributed by atoms with Crippen molar-refractivity contribution >= 4 is 45.6 Å². The first-order valence-electron chi connectivity index (χ1n) is 10.8. The fourth-order valence-electron chi connectivity index (χ4n) is 4.74. The number of hydrogen-bond donors (Lipinski definition) is 1. The van der Waals surface area contributed by atoms with E-state index in [0.717, 1.165) is 57.4 Å². The van der Waals surface area contributed by atoms with Gasteiger partial charge in [0.25, 0.3) is 5.91 Å². The van der Waals surface area contributed by atoms with Gasteiger partial charge >= 0.3 is 0 Å². The second-order valence-corrected chi connectivity index (χ2v) is 9.11. The zero-order chi connectivity index (χ0) is 21.4. The first kappa shape index (κ1) is 20.0. The van der Waals surface area contributed by atoms with E-state index in [0.29, 0.717) is 16.4 Å². The van der Waals surface area contributed by atoms with Crippen molar-refractivity contribution in [2.24, 2.45) is 0 Å². The van der Waals surface area contributed by atoms with Gasteiger partial charge in [0, 0.05) is 36.8 Å². The van der Waals surface area contributed by atoms with E-state index >= 15 is 0 Å². The minimum absolute atomic E-state index is 0.0132. The van der Waals surface area contributed by atoms with Crippen molar-refractivity contribution in [3.8, 4) is 0 Å². The quantitative estimate of drug-likeness (QED) is 0.792. The van der Waals surface area contributed by atoms with Gasteiger partial charge in [0.15, 0.2) is 5.13 Å². The SMILES string of the molecule is O=C(CN1C(=O)[C@H]2CCCCN2c2ccc(C(=O)N3CCCC3)cc21)Nc1nccs1. The molecule has 1 aromatic carbocycles. The Labute approximate surface area is 184 Å². The minimum Gasteiger partial charge on any atom is -0.358 e. The fourth-order valence-corrected chi connectivity index (χ4v) is 5.29. The maximum Gasteiger partial charge on any atom is 0.253 e. The van der Waals surface area contributed by atoms with Crippen LogP contribution in [-0.2, 0) is 9.59 Å². The number of carbonyl (C=O) groups excluding carboxylic acids is 3. The molecule has 5 rings (SSSR count). The lowest BCUT2D eigenvalue weighted by molar-refractivity contribution is -0.123. The Bertz CT molecular complexity index is 1000. The van der Waals surface area contributed by atoms with Gasteiger partial charge in [0.1, 0.15) is 12.6 Å². The number of likely N-dealkylation sites (tertiary alicyclic amines) is 1. The van der Waals surface area contributed by atoms with Crippen LogP contribution in [-0.4, -0.2) is 59.8 Å². The fraction of sp³-hybridized carbons (Fsp3) is 0.455. The summed E-state index contributed by atoms with van der Waals surface area (Å²) in [7, 11) is 0. The summed E-state index contributed by atoms with van der Waals surface area (Å²) in [6.07, 6.45) is 6.46. The number of nitrogens with one attached hydrogen (secondary N) is 1. The van der Waals surface area contributed by atoms with Crippen molar-refractivity contribution in [3.63, 3.8) is 0 Å². The van der Waals surface area contributed by atoms with E-state index in [4.69, 9.17) is 0 Å². The molecule has 1 aromatic heterocycles. The van der Waals surface area contributed by atoms with E-state index in [-0.39, 0.29) is 30.3 Å². The molecule has 9 heteroatoms. The number of anilines is 3. The van der Waals surface area contributed by atoms with E-state index in [9.17, 15) is 14.4 Å². The van der Waals surface area contributed by atoms with Gasteiger partial charge in [0.2, 0.25) is 11.8 Å². The summed E-state index contributed by atoms with van der Waals surface area (Å²) in [4.78, 5) is 48.7. The number of benzene rings is 1. The van der Waals surface area contributed by atoms with Crippen LogP contribution in [0.2, 0.25) is 0 Å². The van der Waals surface area contributed by atoms with E-state index in [1.54, 1.807) is 22.5 Å². The number of carbonyl (C=O) groups is 3. The Morgan fingerprint density at radius 1 is 1.10 bits per heavy atom. The Balaban J connectivity index is 1.47. The van der Waals surface area contributed by atoms with Crippen LogP contribution < -0.4 is 15.1 Å². The minimum atomic E-state index is -0.296. The molecule has 0 saturated carbocycles.